The third-order valence-corrected chi connectivity index (χ3v) is 2.95. The molecule has 0 fully saturated rings. The minimum atomic E-state index is -0.409. The molecule has 0 bridgehead atoms. The number of halogens is 1. The monoisotopic (exact) mass is 288 g/mol. The standard InChI is InChI=1S/C16H17FN2O2/c1-2-11-6-7-15(14(18)8-11)21-10-16(20)19-13-5-3-4-12(17)9-13/h3-9H,2,10,18H2,1H3,(H,19,20). The summed E-state index contributed by atoms with van der Waals surface area (Å²) in [5, 5.41) is 2.55. The molecule has 0 aliphatic rings. The molecule has 2 rings (SSSR count). The number of ether oxygens (including phenoxy) is 1. The Kier molecular flexibility index (Phi) is 4.77. The predicted octanol–water partition coefficient (Wildman–Crippen LogP) is 2.99. The number of hydrogen-bond acceptors (Lipinski definition) is 3. The number of rotatable bonds is 5. The number of carbonyl (C=O) groups is 1. The molecule has 5 heteroatoms. The lowest BCUT2D eigenvalue weighted by Crippen LogP contribution is -2.20. The van der Waals surface area contributed by atoms with Gasteiger partial charge in [-0.25, -0.2) is 4.39 Å². The smallest absolute Gasteiger partial charge is 0.262 e. The fourth-order valence-corrected chi connectivity index (χ4v) is 1.86. The number of aryl methyl sites for hydroxylation is 1. The van der Waals surface area contributed by atoms with Crippen LogP contribution < -0.4 is 15.8 Å². The Morgan fingerprint density at radius 3 is 2.76 bits per heavy atom. The summed E-state index contributed by atoms with van der Waals surface area (Å²) >= 11 is 0. The van der Waals surface area contributed by atoms with Crippen LogP contribution in [0.4, 0.5) is 15.8 Å². The molecule has 2 aromatic rings. The first kappa shape index (κ1) is 14.8. The highest BCUT2D eigenvalue weighted by atomic mass is 19.1. The van der Waals surface area contributed by atoms with Gasteiger partial charge in [0.1, 0.15) is 11.6 Å². The minimum absolute atomic E-state index is 0.188. The van der Waals surface area contributed by atoms with E-state index in [2.05, 4.69) is 5.32 Å². The molecular formula is C16H17FN2O2. The zero-order chi connectivity index (χ0) is 15.2. The molecule has 0 saturated carbocycles. The molecule has 0 atom stereocenters. The van der Waals surface area contributed by atoms with Gasteiger partial charge in [0.25, 0.3) is 5.91 Å². The van der Waals surface area contributed by atoms with E-state index in [1.807, 2.05) is 19.1 Å². The van der Waals surface area contributed by atoms with E-state index in [9.17, 15) is 9.18 Å². The van der Waals surface area contributed by atoms with Gasteiger partial charge in [0.15, 0.2) is 6.61 Å². The third kappa shape index (κ3) is 4.21. The van der Waals surface area contributed by atoms with Crippen LogP contribution in [0.25, 0.3) is 0 Å². The maximum Gasteiger partial charge on any atom is 0.262 e. The fourth-order valence-electron chi connectivity index (χ4n) is 1.86. The molecule has 0 heterocycles. The molecule has 0 spiro atoms. The molecule has 0 unspecified atom stereocenters. The van der Waals surface area contributed by atoms with Crippen molar-refractivity contribution in [2.24, 2.45) is 0 Å². The fraction of sp³-hybridized carbons (Fsp3) is 0.188. The summed E-state index contributed by atoms with van der Waals surface area (Å²) in [5.74, 6) is -0.325. The highest BCUT2D eigenvalue weighted by Crippen LogP contribution is 2.22. The van der Waals surface area contributed by atoms with Crippen LogP contribution >= 0.6 is 0 Å². The molecule has 1 amide bonds. The Balaban J connectivity index is 1.92. The van der Waals surface area contributed by atoms with Gasteiger partial charge in [-0.15, -0.1) is 0 Å². The largest absolute Gasteiger partial charge is 0.482 e. The Morgan fingerprint density at radius 1 is 1.29 bits per heavy atom. The first-order chi connectivity index (χ1) is 10.1. The van der Waals surface area contributed by atoms with Gasteiger partial charge in [0.05, 0.1) is 5.69 Å². The molecule has 3 N–H and O–H groups in total. The van der Waals surface area contributed by atoms with E-state index in [-0.39, 0.29) is 12.5 Å². The maximum absolute atomic E-state index is 13.0. The molecule has 4 nitrogen and oxygen atoms in total. The van der Waals surface area contributed by atoms with Gasteiger partial charge < -0.3 is 15.8 Å². The van der Waals surface area contributed by atoms with Crippen LogP contribution in [-0.2, 0) is 11.2 Å². The van der Waals surface area contributed by atoms with Crippen molar-refractivity contribution in [1.82, 2.24) is 0 Å². The number of carbonyl (C=O) groups excluding carboxylic acids is 1. The lowest BCUT2D eigenvalue weighted by atomic mass is 10.1. The Labute approximate surface area is 122 Å². The van der Waals surface area contributed by atoms with Crippen molar-refractivity contribution < 1.29 is 13.9 Å². The molecule has 0 aliphatic carbocycles. The lowest BCUT2D eigenvalue weighted by Gasteiger charge is -2.10. The first-order valence-corrected chi connectivity index (χ1v) is 6.65. The van der Waals surface area contributed by atoms with E-state index >= 15 is 0 Å². The Hall–Kier alpha value is -2.56. The molecule has 0 aromatic heterocycles. The average molecular weight is 288 g/mol. The van der Waals surface area contributed by atoms with Gasteiger partial charge in [-0.3, -0.25) is 4.79 Å². The van der Waals surface area contributed by atoms with Crippen LogP contribution in [0, 0.1) is 5.82 Å². The first-order valence-electron chi connectivity index (χ1n) is 6.65. The summed E-state index contributed by atoms with van der Waals surface area (Å²) < 4.78 is 18.4. The van der Waals surface area contributed by atoms with Gasteiger partial charge in [0, 0.05) is 5.69 Å². The number of anilines is 2. The SMILES string of the molecule is CCc1ccc(OCC(=O)Nc2cccc(F)c2)c(N)c1. The van der Waals surface area contributed by atoms with E-state index in [4.69, 9.17) is 10.5 Å². The Morgan fingerprint density at radius 2 is 2.10 bits per heavy atom. The van der Waals surface area contributed by atoms with Crippen molar-refractivity contribution in [3.8, 4) is 5.75 Å². The molecule has 110 valence electrons. The van der Waals surface area contributed by atoms with E-state index < -0.39 is 5.82 Å². The number of amides is 1. The van der Waals surface area contributed by atoms with Crippen molar-refractivity contribution in [3.05, 3.63) is 53.8 Å². The van der Waals surface area contributed by atoms with Gasteiger partial charge >= 0.3 is 0 Å². The summed E-state index contributed by atoms with van der Waals surface area (Å²) in [6.45, 7) is 1.84. The summed E-state index contributed by atoms with van der Waals surface area (Å²) in [6, 6.07) is 11.1. The quantitative estimate of drug-likeness (QED) is 0.831. The van der Waals surface area contributed by atoms with E-state index in [0.29, 0.717) is 17.1 Å². The summed E-state index contributed by atoms with van der Waals surface area (Å²) in [7, 11) is 0. The summed E-state index contributed by atoms with van der Waals surface area (Å²) in [4.78, 5) is 11.7. The van der Waals surface area contributed by atoms with E-state index in [0.717, 1.165) is 12.0 Å². The topological polar surface area (TPSA) is 64.3 Å². The molecule has 0 aliphatic heterocycles. The number of nitrogens with two attached hydrogens (primary N) is 1. The normalized spacial score (nSPS) is 10.2. The van der Waals surface area contributed by atoms with Crippen LogP contribution in [0.5, 0.6) is 5.75 Å². The highest BCUT2D eigenvalue weighted by molar-refractivity contribution is 5.91. The molecule has 0 radical (unpaired) electrons. The number of hydrogen-bond donors (Lipinski definition) is 2. The van der Waals surface area contributed by atoms with Gasteiger partial charge in [0.2, 0.25) is 0 Å². The highest BCUT2D eigenvalue weighted by Gasteiger charge is 2.07. The summed E-state index contributed by atoms with van der Waals surface area (Å²) in [6.07, 6.45) is 0.880. The van der Waals surface area contributed by atoms with Crippen molar-refractivity contribution in [1.29, 1.82) is 0 Å². The van der Waals surface area contributed by atoms with Gasteiger partial charge in [-0.05, 0) is 42.3 Å². The van der Waals surface area contributed by atoms with Crippen molar-refractivity contribution >= 4 is 17.3 Å². The van der Waals surface area contributed by atoms with E-state index in [1.165, 1.54) is 18.2 Å². The summed E-state index contributed by atoms with van der Waals surface area (Å²) in [5.41, 5.74) is 7.83. The second kappa shape index (κ2) is 6.74. The zero-order valence-electron chi connectivity index (χ0n) is 11.7. The molecule has 0 saturated heterocycles. The van der Waals surface area contributed by atoms with Crippen LogP contribution in [0.3, 0.4) is 0 Å². The van der Waals surface area contributed by atoms with Crippen molar-refractivity contribution in [2.75, 3.05) is 17.7 Å². The number of nitrogen functional groups attached to an aromatic ring is 1. The second-order valence-corrected chi connectivity index (χ2v) is 4.57. The van der Waals surface area contributed by atoms with Crippen LogP contribution in [0.2, 0.25) is 0 Å². The minimum Gasteiger partial charge on any atom is -0.482 e. The maximum atomic E-state index is 13.0. The molecule has 21 heavy (non-hydrogen) atoms. The van der Waals surface area contributed by atoms with E-state index in [1.54, 1.807) is 12.1 Å². The van der Waals surface area contributed by atoms with Crippen molar-refractivity contribution in [3.63, 3.8) is 0 Å². The molecular weight excluding hydrogens is 271 g/mol. The van der Waals surface area contributed by atoms with Crippen LogP contribution in [0.1, 0.15) is 12.5 Å². The third-order valence-electron chi connectivity index (χ3n) is 2.95. The van der Waals surface area contributed by atoms with Crippen LogP contribution in [0.15, 0.2) is 42.5 Å². The van der Waals surface area contributed by atoms with Gasteiger partial charge in [-0.1, -0.05) is 19.1 Å². The number of benzene rings is 2. The van der Waals surface area contributed by atoms with Gasteiger partial charge in [-0.2, -0.15) is 0 Å². The zero-order valence-corrected chi connectivity index (χ0v) is 11.7. The second-order valence-electron chi connectivity index (χ2n) is 4.57. The van der Waals surface area contributed by atoms with Crippen molar-refractivity contribution in [2.45, 2.75) is 13.3 Å². The predicted molar refractivity (Wildman–Crippen MR) is 80.8 cm³/mol. The molecule has 2 aromatic carbocycles. The van der Waals surface area contributed by atoms with Crippen LogP contribution in [-0.4, -0.2) is 12.5 Å². The lowest BCUT2D eigenvalue weighted by molar-refractivity contribution is -0.118. The Bertz CT molecular complexity index is 644. The average Bonchev–Trinajstić information content (AvgIpc) is 2.46. The number of nitrogens with one attached hydrogen (secondary N) is 1.